The molecule has 0 saturated heterocycles. The van der Waals surface area contributed by atoms with Crippen molar-refractivity contribution in [2.45, 2.75) is 6.42 Å². The molecule has 1 N–H and O–H groups in total. The van der Waals surface area contributed by atoms with Crippen LogP contribution in [0.5, 0.6) is 5.75 Å². The maximum absolute atomic E-state index is 12.1. The fourth-order valence-electron chi connectivity index (χ4n) is 1.94. The largest absolute Gasteiger partial charge is 0.506 e. The zero-order valence-corrected chi connectivity index (χ0v) is 10.3. The van der Waals surface area contributed by atoms with Crippen molar-refractivity contribution in [2.24, 2.45) is 0 Å². The lowest BCUT2D eigenvalue weighted by Gasteiger charge is -2.26. The van der Waals surface area contributed by atoms with Gasteiger partial charge in [0.15, 0.2) is 0 Å². The minimum absolute atomic E-state index is 0.00785. The first-order chi connectivity index (χ1) is 8.70. The first kappa shape index (κ1) is 12.6. The van der Waals surface area contributed by atoms with Crippen LogP contribution in [0.15, 0.2) is 30.1 Å². The van der Waals surface area contributed by atoms with E-state index in [-0.39, 0.29) is 11.7 Å². The average molecular weight is 248 g/mol. The minimum atomic E-state index is -0.105. The summed E-state index contributed by atoms with van der Waals surface area (Å²) < 4.78 is 5.06. The topological polar surface area (TPSA) is 62.7 Å². The summed E-state index contributed by atoms with van der Waals surface area (Å²) in [7, 11) is 1.66. The number of ether oxygens (including phenoxy) is 1. The molecule has 1 aliphatic heterocycles. The van der Waals surface area contributed by atoms with E-state index in [2.05, 4.69) is 4.98 Å². The van der Waals surface area contributed by atoms with Crippen LogP contribution in [0.2, 0.25) is 0 Å². The van der Waals surface area contributed by atoms with Gasteiger partial charge in [0.2, 0.25) is 0 Å². The number of aromatic hydroxyl groups is 1. The van der Waals surface area contributed by atoms with E-state index < -0.39 is 0 Å². The molecule has 0 atom stereocenters. The van der Waals surface area contributed by atoms with Crippen molar-refractivity contribution in [3.63, 3.8) is 0 Å². The molecule has 1 amide bonds. The summed E-state index contributed by atoms with van der Waals surface area (Å²) in [5, 5.41) is 9.31. The Bertz CT molecular complexity index is 471. The molecule has 0 aromatic carbocycles. The van der Waals surface area contributed by atoms with Crippen LogP contribution in [-0.2, 0) is 4.74 Å². The Labute approximate surface area is 106 Å². The number of methoxy groups -OCH3 is 1. The van der Waals surface area contributed by atoms with Crippen LogP contribution in [0.25, 0.3) is 0 Å². The molecule has 0 saturated carbocycles. The highest BCUT2D eigenvalue weighted by atomic mass is 16.5. The Kier molecular flexibility index (Phi) is 3.94. The van der Waals surface area contributed by atoms with Crippen LogP contribution >= 0.6 is 0 Å². The van der Waals surface area contributed by atoms with Gasteiger partial charge in [0.1, 0.15) is 5.75 Å². The van der Waals surface area contributed by atoms with Gasteiger partial charge < -0.3 is 14.7 Å². The van der Waals surface area contributed by atoms with Gasteiger partial charge in [-0.3, -0.25) is 9.78 Å². The minimum Gasteiger partial charge on any atom is -0.506 e. The number of carbonyl (C=O) groups is 1. The van der Waals surface area contributed by atoms with Crippen molar-refractivity contribution in [3.05, 3.63) is 35.7 Å². The van der Waals surface area contributed by atoms with Gasteiger partial charge >= 0.3 is 0 Å². The number of rotatable bonds is 3. The third-order valence-corrected chi connectivity index (χ3v) is 2.89. The Hall–Kier alpha value is -1.88. The third-order valence-electron chi connectivity index (χ3n) is 2.89. The Morgan fingerprint density at radius 1 is 1.56 bits per heavy atom. The quantitative estimate of drug-likeness (QED) is 0.817. The lowest BCUT2D eigenvalue weighted by Crippen LogP contribution is -2.35. The molecule has 1 aromatic heterocycles. The molecule has 96 valence electrons. The van der Waals surface area contributed by atoms with E-state index in [1.54, 1.807) is 12.0 Å². The predicted molar refractivity (Wildman–Crippen MR) is 66.4 cm³/mol. The molecule has 2 rings (SSSR count). The van der Waals surface area contributed by atoms with Crippen LogP contribution in [-0.4, -0.2) is 47.7 Å². The van der Waals surface area contributed by atoms with Gasteiger partial charge in [-0.15, -0.1) is 0 Å². The molecule has 2 heterocycles. The van der Waals surface area contributed by atoms with Crippen molar-refractivity contribution in [1.29, 1.82) is 0 Å². The summed E-state index contributed by atoms with van der Waals surface area (Å²) in [6.45, 7) is 1.87. The number of carbonyl (C=O) groups excluding carboxylic acids is 1. The van der Waals surface area contributed by atoms with Gasteiger partial charge in [-0.1, -0.05) is 6.08 Å². The molecule has 0 bridgehead atoms. The van der Waals surface area contributed by atoms with Crippen molar-refractivity contribution in [3.8, 4) is 5.75 Å². The molecule has 1 aliphatic rings. The third kappa shape index (κ3) is 2.87. The van der Waals surface area contributed by atoms with E-state index in [0.29, 0.717) is 25.3 Å². The molecular formula is C13H16N2O3. The Morgan fingerprint density at radius 3 is 3.00 bits per heavy atom. The van der Waals surface area contributed by atoms with Gasteiger partial charge in [-0.05, 0) is 18.1 Å². The zero-order chi connectivity index (χ0) is 13.0. The van der Waals surface area contributed by atoms with Gasteiger partial charge in [-0.25, -0.2) is 0 Å². The first-order valence-electron chi connectivity index (χ1n) is 5.81. The number of amides is 1. The summed E-state index contributed by atoms with van der Waals surface area (Å²) >= 11 is 0. The molecular weight excluding hydrogens is 232 g/mol. The molecule has 0 spiro atoms. The maximum Gasteiger partial charge on any atom is 0.255 e. The van der Waals surface area contributed by atoms with Gasteiger partial charge in [0, 0.05) is 26.4 Å². The maximum atomic E-state index is 12.1. The van der Waals surface area contributed by atoms with Gasteiger partial charge in [-0.2, -0.15) is 0 Å². The number of hydrogen-bond donors (Lipinski definition) is 1. The number of hydrogen-bond acceptors (Lipinski definition) is 4. The van der Waals surface area contributed by atoms with Crippen molar-refractivity contribution in [1.82, 2.24) is 9.88 Å². The standard InChI is InChI=1S/C13H16N2O3/c1-18-9-10-2-4-15(5-3-10)13(17)11-6-12(16)8-14-7-11/h2,6-8,16H,3-5,9H2,1H3. The molecule has 1 aromatic rings. The Balaban J connectivity index is 2.04. The molecule has 5 heteroatoms. The second-order valence-corrected chi connectivity index (χ2v) is 4.23. The zero-order valence-electron chi connectivity index (χ0n) is 10.3. The molecule has 0 unspecified atom stereocenters. The monoisotopic (exact) mass is 248 g/mol. The SMILES string of the molecule is COCC1=CCN(C(=O)c2cncc(O)c2)CC1. The van der Waals surface area contributed by atoms with Crippen LogP contribution in [0, 0.1) is 0 Å². The second kappa shape index (κ2) is 5.64. The van der Waals surface area contributed by atoms with E-state index in [0.717, 1.165) is 6.42 Å². The summed E-state index contributed by atoms with van der Waals surface area (Å²) in [4.78, 5) is 17.7. The van der Waals surface area contributed by atoms with Crippen LogP contribution in [0.4, 0.5) is 0 Å². The first-order valence-corrected chi connectivity index (χ1v) is 5.81. The van der Waals surface area contributed by atoms with Crippen molar-refractivity contribution < 1.29 is 14.6 Å². The lowest BCUT2D eigenvalue weighted by molar-refractivity contribution is 0.0764. The fraction of sp³-hybridized carbons (Fsp3) is 0.385. The van der Waals surface area contributed by atoms with E-state index in [4.69, 9.17) is 4.74 Å². The van der Waals surface area contributed by atoms with E-state index in [9.17, 15) is 9.90 Å². The van der Waals surface area contributed by atoms with E-state index in [1.165, 1.54) is 24.0 Å². The molecule has 0 radical (unpaired) electrons. The second-order valence-electron chi connectivity index (χ2n) is 4.23. The van der Waals surface area contributed by atoms with Crippen LogP contribution in [0.1, 0.15) is 16.8 Å². The van der Waals surface area contributed by atoms with E-state index in [1.807, 2.05) is 6.08 Å². The smallest absolute Gasteiger partial charge is 0.255 e. The fourth-order valence-corrected chi connectivity index (χ4v) is 1.94. The van der Waals surface area contributed by atoms with Crippen LogP contribution < -0.4 is 0 Å². The lowest BCUT2D eigenvalue weighted by atomic mass is 10.1. The van der Waals surface area contributed by atoms with Crippen LogP contribution in [0.3, 0.4) is 0 Å². The summed E-state index contributed by atoms with van der Waals surface area (Å²) in [6, 6.07) is 1.43. The summed E-state index contributed by atoms with van der Waals surface area (Å²) in [5.41, 5.74) is 1.63. The molecule has 18 heavy (non-hydrogen) atoms. The summed E-state index contributed by atoms with van der Waals surface area (Å²) in [5.74, 6) is -0.0976. The highest BCUT2D eigenvalue weighted by Gasteiger charge is 2.19. The number of aromatic nitrogens is 1. The number of pyridine rings is 1. The van der Waals surface area contributed by atoms with E-state index >= 15 is 0 Å². The van der Waals surface area contributed by atoms with Crippen molar-refractivity contribution >= 4 is 5.91 Å². The predicted octanol–water partition coefficient (Wildman–Crippen LogP) is 1.21. The molecule has 0 aliphatic carbocycles. The average Bonchev–Trinajstić information content (AvgIpc) is 2.39. The molecule has 0 fully saturated rings. The van der Waals surface area contributed by atoms with Gasteiger partial charge in [0.05, 0.1) is 18.4 Å². The number of nitrogens with zero attached hydrogens (tertiary/aromatic N) is 2. The summed E-state index contributed by atoms with van der Waals surface area (Å²) in [6.07, 6.45) is 5.62. The highest BCUT2D eigenvalue weighted by molar-refractivity contribution is 5.94. The molecule has 5 nitrogen and oxygen atoms in total. The van der Waals surface area contributed by atoms with Crippen molar-refractivity contribution in [2.75, 3.05) is 26.8 Å². The Morgan fingerprint density at radius 2 is 2.39 bits per heavy atom. The highest BCUT2D eigenvalue weighted by Crippen LogP contribution is 2.15. The normalized spacial score (nSPS) is 15.4. The van der Waals surface area contributed by atoms with Gasteiger partial charge in [0.25, 0.3) is 5.91 Å².